The lowest BCUT2D eigenvalue weighted by Gasteiger charge is -2.58. The fraction of sp³-hybridized carbons (Fsp3) is 0.852. The molecule has 4 aliphatic carbocycles. The summed E-state index contributed by atoms with van der Waals surface area (Å²) >= 11 is 0. The van der Waals surface area contributed by atoms with Crippen LogP contribution in [0.25, 0.3) is 0 Å². The smallest absolute Gasteiger partial charge is 0.0758 e. The zero-order valence-electron chi connectivity index (χ0n) is 19.5. The Morgan fingerprint density at radius 1 is 1.03 bits per heavy atom. The summed E-state index contributed by atoms with van der Waals surface area (Å²) in [6, 6.07) is 0. The van der Waals surface area contributed by atoms with E-state index in [1.807, 2.05) is 0 Å². The van der Waals surface area contributed by atoms with E-state index in [0.29, 0.717) is 23.7 Å². The number of hydrogen-bond donors (Lipinski definition) is 2. The molecule has 2 N–H and O–H groups in total. The normalized spacial score (nSPS) is 46.0. The zero-order chi connectivity index (χ0) is 21.0. The SMILES string of the molecule is CC(C)CC=CC(C)C1CCC2=C3C(O)CC4CC(O)CCC4(C)C3CCC21C. The van der Waals surface area contributed by atoms with Crippen LogP contribution < -0.4 is 0 Å². The molecule has 2 heteroatoms. The van der Waals surface area contributed by atoms with Crippen molar-refractivity contribution in [1.29, 1.82) is 0 Å². The number of allylic oxidation sites excluding steroid dienone is 3. The average molecular weight is 401 g/mol. The van der Waals surface area contributed by atoms with Gasteiger partial charge in [0.05, 0.1) is 12.2 Å². The number of aliphatic hydroxyl groups is 2. The predicted molar refractivity (Wildman–Crippen MR) is 120 cm³/mol. The summed E-state index contributed by atoms with van der Waals surface area (Å²) in [5, 5.41) is 21.5. The molecule has 0 aliphatic heterocycles. The lowest BCUT2D eigenvalue weighted by atomic mass is 9.48. The molecule has 0 aromatic heterocycles. The molecule has 0 aromatic carbocycles. The lowest BCUT2D eigenvalue weighted by Crippen LogP contribution is -2.52. The largest absolute Gasteiger partial charge is 0.393 e. The summed E-state index contributed by atoms with van der Waals surface area (Å²) in [7, 11) is 0. The lowest BCUT2D eigenvalue weighted by molar-refractivity contribution is -0.0661. The summed E-state index contributed by atoms with van der Waals surface area (Å²) in [5.41, 5.74) is 3.64. The van der Waals surface area contributed by atoms with Gasteiger partial charge in [0.2, 0.25) is 0 Å². The second kappa shape index (κ2) is 7.83. The monoisotopic (exact) mass is 400 g/mol. The van der Waals surface area contributed by atoms with Crippen molar-refractivity contribution >= 4 is 0 Å². The van der Waals surface area contributed by atoms with Crippen molar-refractivity contribution < 1.29 is 10.2 Å². The van der Waals surface area contributed by atoms with E-state index in [2.05, 4.69) is 46.8 Å². The molecule has 0 bridgehead atoms. The predicted octanol–water partition coefficient (Wildman–Crippen LogP) is 6.28. The first-order valence-corrected chi connectivity index (χ1v) is 12.4. The molecule has 3 fully saturated rings. The third kappa shape index (κ3) is 3.57. The second-order valence-electron chi connectivity index (χ2n) is 11.9. The third-order valence-corrected chi connectivity index (χ3v) is 9.74. The van der Waals surface area contributed by atoms with Gasteiger partial charge in [0.15, 0.2) is 0 Å². The molecular formula is C27H44O2. The van der Waals surface area contributed by atoms with E-state index in [1.54, 1.807) is 5.57 Å². The summed E-state index contributed by atoms with van der Waals surface area (Å²) in [6.45, 7) is 12.0. The molecule has 2 nitrogen and oxygen atoms in total. The Balaban J connectivity index is 1.62. The molecule has 164 valence electrons. The van der Waals surface area contributed by atoms with Crippen LogP contribution >= 0.6 is 0 Å². The van der Waals surface area contributed by atoms with Gasteiger partial charge in [-0.25, -0.2) is 0 Å². The molecule has 0 spiro atoms. The van der Waals surface area contributed by atoms with Crippen molar-refractivity contribution in [2.24, 2.45) is 40.4 Å². The molecule has 8 atom stereocenters. The molecule has 0 heterocycles. The fourth-order valence-electron chi connectivity index (χ4n) is 8.03. The van der Waals surface area contributed by atoms with Crippen molar-refractivity contribution in [3.63, 3.8) is 0 Å². The summed E-state index contributed by atoms with van der Waals surface area (Å²) in [5.74, 6) is 3.07. The van der Waals surface area contributed by atoms with E-state index in [1.165, 1.54) is 37.7 Å². The van der Waals surface area contributed by atoms with Gasteiger partial charge in [-0.1, -0.05) is 52.3 Å². The quantitative estimate of drug-likeness (QED) is 0.545. The number of aliphatic hydroxyl groups excluding tert-OH is 2. The first kappa shape index (κ1) is 21.6. The maximum absolute atomic E-state index is 11.3. The van der Waals surface area contributed by atoms with Gasteiger partial charge < -0.3 is 10.2 Å². The fourth-order valence-corrected chi connectivity index (χ4v) is 8.03. The third-order valence-electron chi connectivity index (χ3n) is 9.74. The van der Waals surface area contributed by atoms with Crippen LogP contribution in [0.1, 0.15) is 92.4 Å². The molecule has 29 heavy (non-hydrogen) atoms. The van der Waals surface area contributed by atoms with Crippen LogP contribution in [0, 0.1) is 40.4 Å². The van der Waals surface area contributed by atoms with Crippen molar-refractivity contribution in [2.75, 3.05) is 0 Å². The summed E-state index contributed by atoms with van der Waals surface area (Å²) in [6.07, 6.45) is 14.4. The van der Waals surface area contributed by atoms with Crippen LogP contribution in [0.15, 0.2) is 23.3 Å². The zero-order valence-corrected chi connectivity index (χ0v) is 19.5. The van der Waals surface area contributed by atoms with Crippen LogP contribution in [0.3, 0.4) is 0 Å². The average Bonchev–Trinajstić information content (AvgIpc) is 3.00. The highest BCUT2D eigenvalue weighted by atomic mass is 16.3. The molecule has 8 unspecified atom stereocenters. The Hall–Kier alpha value is -0.600. The summed E-state index contributed by atoms with van der Waals surface area (Å²) < 4.78 is 0. The van der Waals surface area contributed by atoms with E-state index in [-0.39, 0.29) is 23.0 Å². The van der Waals surface area contributed by atoms with Gasteiger partial charge in [-0.15, -0.1) is 0 Å². The molecular weight excluding hydrogens is 356 g/mol. The van der Waals surface area contributed by atoms with Crippen molar-refractivity contribution in [1.82, 2.24) is 0 Å². The van der Waals surface area contributed by atoms with Gasteiger partial charge in [-0.2, -0.15) is 0 Å². The highest BCUT2D eigenvalue weighted by Crippen LogP contribution is 2.65. The number of fused-ring (bicyclic) bond motifs is 4. The van der Waals surface area contributed by atoms with E-state index in [0.717, 1.165) is 31.6 Å². The standard InChI is InChI=1S/C27H44O2/c1-17(2)7-6-8-18(3)21-9-10-22-25-23(12-14-27(21,22)5)26(4)13-11-20(28)15-19(26)16-24(25)29/h6,8,17-21,23-24,28-29H,7,9-16H2,1-5H3. The van der Waals surface area contributed by atoms with Crippen LogP contribution in [0.5, 0.6) is 0 Å². The maximum atomic E-state index is 11.3. The molecule has 0 saturated heterocycles. The van der Waals surface area contributed by atoms with Gasteiger partial charge in [0.25, 0.3) is 0 Å². The van der Waals surface area contributed by atoms with Gasteiger partial charge in [-0.3, -0.25) is 0 Å². The molecule has 0 amide bonds. The molecule has 0 aromatic rings. The van der Waals surface area contributed by atoms with Gasteiger partial charge in [-0.05, 0) is 104 Å². The molecule has 3 saturated carbocycles. The van der Waals surface area contributed by atoms with E-state index < -0.39 is 0 Å². The Kier molecular flexibility index (Phi) is 5.84. The van der Waals surface area contributed by atoms with Crippen LogP contribution in [-0.2, 0) is 0 Å². The van der Waals surface area contributed by atoms with Gasteiger partial charge >= 0.3 is 0 Å². The van der Waals surface area contributed by atoms with E-state index in [9.17, 15) is 10.2 Å². The minimum Gasteiger partial charge on any atom is -0.393 e. The van der Waals surface area contributed by atoms with Crippen molar-refractivity contribution in [3.8, 4) is 0 Å². The minimum absolute atomic E-state index is 0.155. The highest BCUT2D eigenvalue weighted by Gasteiger charge is 2.57. The first-order valence-electron chi connectivity index (χ1n) is 12.4. The van der Waals surface area contributed by atoms with Gasteiger partial charge in [0.1, 0.15) is 0 Å². The van der Waals surface area contributed by atoms with Crippen LogP contribution in [0.4, 0.5) is 0 Å². The Morgan fingerprint density at radius 2 is 1.79 bits per heavy atom. The summed E-state index contributed by atoms with van der Waals surface area (Å²) in [4.78, 5) is 0. The van der Waals surface area contributed by atoms with Crippen LogP contribution in [-0.4, -0.2) is 22.4 Å². The first-order chi connectivity index (χ1) is 13.7. The minimum atomic E-state index is -0.275. The van der Waals surface area contributed by atoms with Crippen molar-refractivity contribution in [2.45, 2.75) is 105 Å². The number of hydrogen-bond acceptors (Lipinski definition) is 2. The highest BCUT2D eigenvalue weighted by molar-refractivity contribution is 5.37. The van der Waals surface area contributed by atoms with E-state index >= 15 is 0 Å². The topological polar surface area (TPSA) is 40.5 Å². The Bertz CT molecular complexity index is 676. The molecule has 4 aliphatic rings. The molecule has 0 radical (unpaired) electrons. The maximum Gasteiger partial charge on any atom is 0.0758 e. The van der Waals surface area contributed by atoms with E-state index in [4.69, 9.17) is 0 Å². The molecule has 4 rings (SSSR count). The van der Waals surface area contributed by atoms with Gasteiger partial charge in [0, 0.05) is 0 Å². The Labute approximate surface area is 178 Å². The number of rotatable bonds is 4. The van der Waals surface area contributed by atoms with Crippen molar-refractivity contribution in [3.05, 3.63) is 23.3 Å². The van der Waals surface area contributed by atoms with Crippen LogP contribution in [0.2, 0.25) is 0 Å². The second-order valence-corrected chi connectivity index (χ2v) is 11.9. The Morgan fingerprint density at radius 3 is 2.52 bits per heavy atom.